The maximum atomic E-state index is 15.1. The lowest BCUT2D eigenvalue weighted by Gasteiger charge is -2.22. The number of alkyl halides is 1. The monoisotopic (exact) mass is 430 g/mol. The number of rotatable bonds is 13. The number of carbonyl (C=O) groups is 1. The standard InChI is InChI=1S/C27H39FO3/c1-3-4-8-15-22(29)18-19-23-24(16-11-5-6-12-17-27(30)31-2)26(28)20-25(23)21-13-9-7-10-14-21/h5,7,9-11,13-14,18-19,22-26,29H,3-4,6,8,12,15-17,20H2,1-2H3/b11-5-,19-18+/t22?,23-,24-,25?,26+/m1/s1. The van der Waals surface area contributed by atoms with Gasteiger partial charge in [-0.3, -0.25) is 4.79 Å². The van der Waals surface area contributed by atoms with Gasteiger partial charge in [-0.05, 0) is 49.5 Å². The van der Waals surface area contributed by atoms with Crippen LogP contribution in [0, 0.1) is 11.8 Å². The van der Waals surface area contributed by atoms with Crippen LogP contribution in [0.2, 0.25) is 0 Å². The van der Waals surface area contributed by atoms with Crippen molar-refractivity contribution in [3.63, 3.8) is 0 Å². The van der Waals surface area contributed by atoms with Crippen molar-refractivity contribution in [3.05, 3.63) is 60.2 Å². The third-order valence-corrected chi connectivity index (χ3v) is 6.34. The van der Waals surface area contributed by atoms with Gasteiger partial charge < -0.3 is 9.84 Å². The molecule has 1 N–H and O–H groups in total. The van der Waals surface area contributed by atoms with E-state index >= 15 is 4.39 Å². The zero-order valence-electron chi connectivity index (χ0n) is 19.1. The van der Waals surface area contributed by atoms with Gasteiger partial charge in [0.05, 0.1) is 13.2 Å². The predicted octanol–water partition coefficient (Wildman–Crippen LogP) is 6.53. The van der Waals surface area contributed by atoms with Gasteiger partial charge in [0, 0.05) is 12.3 Å². The Bertz CT molecular complexity index is 685. The summed E-state index contributed by atoms with van der Waals surface area (Å²) in [6.45, 7) is 2.15. The smallest absolute Gasteiger partial charge is 0.305 e. The van der Waals surface area contributed by atoms with Crippen LogP contribution >= 0.6 is 0 Å². The molecule has 172 valence electrons. The number of aliphatic hydroxyl groups is 1. The topological polar surface area (TPSA) is 46.5 Å². The summed E-state index contributed by atoms with van der Waals surface area (Å²) in [7, 11) is 1.40. The number of halogens is 1. The fraction of sp³-hybridized carbons (Fsp3) is 0.593. The Labute approximate surface area is 187 Å². The molecule has 31 heavy (non-hydrogen) atoms. The van der Waals surface area contributed by atoms with Crippen molar-refractivity contribution in [2.24, 2.45) is 11.8 Å². The molecule has 0 saturated heterocycles. The van der Waals surface area contributed by atoms with Crippen molar-refractivity contribution < 1.29 is 19.0 Å². The molecule has 0 aromatic heterocycles. The van der Waals surface area contributed by atoms with Gasteiger partial charge in [0.1, 0.15) is 6.17 Å². The lowest BCUT2D eigenvalue weighted by atomic mass is 9.82. The number of methoxy groups -OCH3 is 1. The Morgan fingerprint density at radius 3 is 2.71 bits per heavy atom. The van der Waals surface area contributed by atoms with Crippen LogP contribution in [0.4, 0.5) is 4.39 Å². The largest absolute Gasteiger partial charge is 0.469 e. The normalized spacial score (nSPS) is 24.8. The fourth-order valence-electron chi connectivity index (χ4n) is 4.55. The minimum absolute atomic E-state index is 0.0675. The van der Waals surface area contributed by atoms with E-state index in [9.17, 15) is 9.90 Å². The highest BCUT2D eigenvalue weighted by Gasteiger charge is 2.42. The molecule has 0 amide bonds. The minimum atomic E-state index is -0.864. The van der Waals surface area contributed by atoms with E-state index in [1.165, 1.54) is 12.7 Å². The van der Waals surface area contributed by atoms with Gasteiger partial charge in [0.15, 0.2) is 0 Å². The molecule has 5 atom stereocenters. The number of hydrogen-bond donors (Lipinski definition) is 1. The molecule has 1 fully saturated rings. The van der Waals surface area contributed by atoms with Crippen LogP contribution in [-0.4, -0.2) is 30.5 Å². The van der Waals surface area contributed by atoms with Crippen molar-refractivity contribution in [1.29, 1.82) is 0 Å². The second kappa shape index (κ2) is 14.2. The maximum absolute atomic E-state index is 15.1. The molecule has 3 nitrogen and oxygen atoms in total. The van der Waals surface area contributed by atoms with Crippen LogP contribution in [0.15, 0.2) is 54.6 Å². The molecule has 1 aliphatic rings. The molecule has 0 spiro atoms. The second-order valence-corrected chi connectivity index (χ2v) is 8.63. The minimum Gasteiger partial charge on any atom is -0.469 e. The van der Waals surface area contributed by atoms with E-state index < -0.39 is 12.3 Å². The van der Waals surface area contributed by atoms with Crippen LogP contribution in [0.3, 0.4) is 0 Å². The molecule has 0 radical (unpaired) electrons. The number of unbranched alkanes of at least 4 members (excludes halogenated alkanes) is 3. The molecule has 4 heteroatoms. The number of carbonyl (C=O) groups excluding carboxylic acids is 1. The summed E-state index contributed by atoms with van der Waals surface area (Å²) in [4.78, 5) is 11.2. The molecule has 0 aliphatic heterocycles. The number of allylic oxidation sites excluding steroid dienone is 3. The van der Waals surface area contributed by atoms with Gasteiger partial charge in [-0.15, -0.1) is 0 Å². The molecule has 0 heterocycles. The number of esters is 1. The summed E-state index contributed by atoms with van der Waals surface area (Å²) >= 11 is 0. The first-order valence-electron chi connectivity index (χ1n) is 11.8. The Morgan fingerprint density at radius 1 is 1.23 bits per heavy atom. The Kier molecular flexibility index (Phi) is 11.6. The Balaban J connectivity index is 2.02. The van der Waals surface area contributed by atoms with Gasteiger partial charge in [0.25, 0.3) is 0 Å². The third kappa shape index (κ3) is 8.60. The van der Waals surface area contributed by atoms with E-state index in [0.29, 0.717) is 19.3 Å². The molecular weight excluding hydrogens is 391 g/mol. The summed E-state index contributed by atoms with van der Waals surface area (Å²) in [5.74, 6) is -0.0893. The van der Waals surface area contributed by atoms with E-state index in [1.807, 2.05) is 30.4 Å². The SMILES string of the molecule is CCCCCC(O)/C=C/[C@H]1C(c2ccccc2)C[C@H](F)[C@@H]1C/C=C\CCCC(=O)OC. The molecule has 1 aliphatic carbocycles. The molecule has 2 rings (SSSR count). The zero-order valence-corrected chi connectivity index (χ0v) is 19.1. The van der Waals surface area contributed by atoms with Gasteiger partial charge in [-0.2, -0.15) is 0 Å². The lowest BCUT2D eigenvalue weighted by Crippen LogP contribution is -2.16. The van der Waals surface area contributed by atoms with Crippen molar-refractivity contribution in [3.8, 4) is 0 Å². The number of hydrogen-bond acceptors (Lipinski definition) is 3. The van der Waals surface area contributed by atoms with E-state index in [1.54, 1.807) is 0 Å². The highest BCUT2D eigenvalue weighted by Crippen LogP contribution is 2.47. The van der Waals surface area contributed by atoms with Gasteiger partial charge in [-0.1, -0.05) is 80.8 Å². The fourth-order valence-corrected chi connectivity index (χ4v) is 4.55. The van der Waals surface area contributed by atoms with Crippen LogP contribution < -0.4 is 0 Å². The average molecular weight is 431 g/mol. The highest BCUT2D eigenvalue weighted by molar-refractivity contribution is 5.69. The van der Waals surface area contributed by atoms with Crippen molar-refractivity contribution in [2.45, 2.75) is 82.9 Å². The average Bonchev–Trinajstić information content (AvgIpc) is 3.10. The molecule has 0 bridgehead atoms. The lowest BCUT2D eigenvalue weighted by molar-refractivity contribution is -0.140. The van der Waals surface area contributed by atoms with Gasteiger partial charge in [-0.25, -0.2) is 4.39 Å². The van der Waals surface area contributed by atoms with E-state index in [4.69, 9.17) is 0 Å². The summed E-state index contributed by atoms with van der Waals surface area (Å²) < 4.78 is 19.7. The van der Waals surface area contributed by atoms with E-state index in [2.05, 4.69) is 35.9 Å². The highest BCUT2D eigenvalue weighted by atomic mass is 19.1. The van der Waals surface area contributed by atoms with Crippen molar-refractivity contribution >= 4 is 5.97 Å². The van der Waals surface area contributed by atoms with E-state index in [-0.39, 0.29) is 23.7 Å². The van der Waals surface area contributed by atoms with Gasteiger partial charge >= 0.3 is 5.97 Å². The molecule has 2 unspecified atom stereocenters. The number of benzene rings is 1. The summed E-state index contributed by atoms with van der Waals surface area (Å²) in [5.41, 5.74) is 1.17. The number of aliphatic hydroxyl groups excluding tert-OH is 1. The van der Waals surface area contributed by atoms with Crippen molar-refractivity contribution in [1.82, 2.24) is 0 Å². The van der Waals surface area contributed by atoms with Crippen LogP contribution in [0.5, 0.6) is 0 Å². The maximum Gasteiger partial charge on any atom is 0.305 e. The van der Waals surface area contributed by atoms with Crippen LogP contribution in [-0.2, 0) is 9.53 Å². The second-order valence-electron chi connectivity index (χ2n) is 8.63. The quantitative estimate of drug-likeness (QED) is 0.220. The molecular formula is C27H39FO3. The van der Waals surface area contributed by atoms with Crippen LogP contribution in [0.25, 0.3) is 0 Å². The summed E-state index contributed by atoms with van der Waals surface area (Å²) in [5, 5.41) is 10.4. The first-order chi connectivity index (χ1) is 15.1. The first-order valence-corrected chi connectivity index (χ1v) is 11.8. The first kappa shape index (κ1) is 25.3. The zero-order chi connectivity index (χ0) is 22.5. The molecule has 1 aromatic carbocycles. The summed E-state index contributed by atoms with van der Waals surface area (Å²) in [6, 6.07) is 10.2. The molecule has 1 aromatic rings. The van der Waals surface area contributed by atoms with Gasteiger partial charge in [0.2, 0.25) is 0 Å². The summed E-state index contributed by atoms with van der Waals surface area (Å²) in [6.07, 6.45) is 13.9. The number of ether oxygens (including phenoxy) is 1. The van der Waals surface area contributed by atoms with E-state index in [0.717, 1.165) is 38.5 Å². The molecule has 1 saturated carbocycles. The third-order valence-electron chi connectivity index (χ3n) is 6.34. The van der Waals surface area contributed by atoms with Crippen LogP contribution in [0.1, 0.15) is 76.2 Å². The van der Waals surface area contributed by atoms with Crippen molar-refractivity contribution in [2.75, 3.05) is 7.11 Å². The Hall–Kier alpha value is -1.94. The Morgan fingerprint density at radius 2 is 2.00 bits per heavy atom. The predicted molar refractivity (Wildman–Crippen MR) is 125 cm³/mol.